The first-order valence-corrected chi connectivity index (χ1v) is 23.6. The fourth-order valence-electron chi connectivity index (χ4n) is 10.6. The van der Waals surface area contributed by atoms with Gasteiger partial charge in [0.2, 0.25) is 5.60 Å². The highest BCUT2D eigenvalue weighted by Crippen LogP contribution is 2.63. The molecule has 1 fully saturated rings. The monoisotopic (exact) mass is 966 g/mol. The minimum atomic E-state index is -4.89. The highest BCUT2D eigenvalue weighted by atomic mass is 19.4. The minimum absolute atomic E-state index is 0.0168. The van der Waals surface area contributed by atoms with Crippen LogP contribution in [0.25, 0.3) is 50.2 Å². The van der Waals surface area contributed by atoms with E-state index in [0.29, 0.717) is 87.9 Å². The van der Waals surface area contributed by atoms with E-state index in [9.17, 15) is 4.79 Å². The molecular weight excluding hydrogens is 918 g/mol. The number of hydrogen-bond acceptors (Lipinski definition) is 8. The molecule has 3 aliphatic rings. The molecular formula is C60H49F3N2O7. The predicted molar refractivity (Wildman–Crippen MR) is 273 cm³/mol. The van der Waals surface area contributed by atoms with Gasteiger partial charge in [-0.25, -0.2) is 4.79 Å². The van der Waals surface area contributed by atoms with Gasteiger partial charge >= 0.3 is 12.3 Å². The Kier molecular flexibility index (Phi) is 11.7. The largest absolute Gasteiger partial charge is 0.497 e. The summed E-state index contributed by atoms with van der Waals surface area (Å²) in [5.41, 5.74) is 3.15. The van der Waals surface area contributed by atoms with Gasteiger partial charge in [0.05, 0.1) is 27.0 Å². The van der Waals surface area contributed by atoms with Crippen LogP contribution in [-0.2, 0) is 15.9 Å². The van der Waals surface area contributed by atoms with Crippen LogP contribution in [0.1, 0.15) is 27.8 Å². The van der Waals surface area contributed by atoms with Gasteiger partial charge in [-0.15, -0.1) is 0 Å². The molecule has 362 valence electrons. The van der Waals surface area contributed by atoms with E-state index in [1.165, 1.54) is 6.07 Å². The Morgan fingerprint density at radius 2 is 1.14 bits per heavy atom. The number of hydrogen-bond donors (Lipinski definition) is 0. The van der Waals surface area contributed by atoms with Gasteiger partial charge in [0.25, 0.3) is 0 Å². The van der Waals surface area contributed by atoms with E-state index in [-0.39, 0.29) is 22.4 Å². The zero-order chi connectivity index (χ0) is 49.8. The number of alkyl halides is 3. The standard InChI is InChI=1S/C60H49F3N2O7/c1-67-44-26-20-42(21-27-44)58(43-22-28-45(68-2)29-23-43)31-30-48-55-54(47-12-8-9-13-51(47)59(55,70-4)60(61,62)63)49-36-52(53(69-3)37-50(49)56(48)72-58)64-32-34-65(35-33-64)57(66)71-46-24-18-41(19-25-46)40-16-14-39(15-17-40)38-10-6-5-7-11-38/h5-31,36-37H,32-35H2,1-4H3. The smallest absolute Gasteiger partial charge is 0.426 e. The lowest BCUT2D eigenvalue weighted by atomic mass is 9.79. The van der Waals surface area contributed by atoms with Crippen molar-refractivity contribution in [1.82, 2.24) is 4.90 Å². The molecule has 1 atom stereocenters. The van der Waals surface area contributed by atoms with E-state index in [0.717, 1.165) is 29.4 Å². The third-order valence-corrected chi connectivity index (χ3v) is 14.3. The molecule has 1 saturated heterocycles. The van der Waals surface area contributed by atoms with Crippen LogP contribution in [0.4, 0.5) is 23.7 Å². The van der Waals surface area contributed by atoms with Crippen molar-refractivity contribution in [3.05, 3.63) is 198 Å². The molecule has 1 unspecified atom stereocenters. The van der Waals surface area contributed by atoms with E-state index in [2.05, 4.69) is 41.3 Å². The number of carbonyl (C=O) groups excluding carboxylic acids is 1. The van der Waals surface area contributed by atoms with Crippen LogP contribution in [-0.4, -0.2) is 71.8 Å². The van der Waals surface area contributed by atoms with Crippen molar-refractivity contribution >= 4 is 28.6 Å². The number of carbonyl (C=O) groups is 1. The zero-order valence-corrected chi connectivity index (χ0v) is 40.0. The molecule has 8 aromatic carbocycles. The molecule has 0 saturated carbocycles. The second-order valence-corrected chi connectivity index (χ2v) is 17.9. The van der Waals surface area contributed by atoms with E-state index in [1.54, 1.807) is 62.6 Å². The summed E-state index contributed by atoms with van der Waals surface area (Å²) < 4.78 is 84.6. The molecule has 1 amide bonds. The van der Waals surface area contributed by atoms with Crippen molar-refractivity contribution < 1.29 is 46.4 Å². The van der Waals surface area contributed by atoms with Crippen LogP contribution in [0.15, 0.2) is 170 Å². The third kappa shape index (κ3) is 7.56. The summed E-state index contributed by atoms with van der Waals surface area (Å²) in [7, 11) is 5.84. The second-order valence-electron chi connectivity index (χ2n) is 17.9. The number of halogens is 3. The second kappa shape index (κ2) is 18.2. The van der Waals surface area contributed by atoms with Crippen molar-refractivity contribution in [1.29, 1.82) is 0 Å². The fraction of sp³-hybridized carbons (Fsp3) is 0.183. The number of ether oxygens (including phenoxy) is 6. The molecule has 2 aliphatic heterocycles. The van der Waals surface area contributed by atoms with Crippen LogP contribution in [0.5, 0.6) is 28.7 Å². The summed E-state index contributed by atoms with van der Waals surface area (Å²) in [6, 6.07) is 51.1. The summed E-state index contributed by atoms with van der Waals surface area (Å²) in [4.78, 5) is 17.4. The van der Waals surface area contributed by atoms with E-state index >= 15 is 13.2 Å². The van der Waals surface area contributed by atoms with Gasteiger partial charge in [0.15, 0.2) is 5.60 Å². The van der Waals surface area contributed by atoms with Crippen molar-refractivity contribution in [2.45, 2.75) is 17.4 Å². The summed E-state index contributed by atoms with van der Waals surface area (Å²) >= 11 is 0. The minimum Gasteiger partial charge on any atom is -0.497 e. The first-order valence-electron chi connectivity index (χ1n) is 23.6. The van der Waals surface area contributed by atoms with Crippen LogP contribution in [0.2, 0.25) is 0 Å². The molecule has 0 aromatic heterocycles. The molecule has 8 aromatic rings. The summed E-state index contributed by atoms with van der Waals surface area (Å²) in [6.45, 7) is 1.41. The lowest BCUT2D eigenvalue weighted by molar-refractivity contribution is -0.256. The number of benzene rings is 8. The van der Waals surface area contributed by atoms with E-state index < -0.39 is 23.5 Å². The molecule has 0 spiro atoms. The van der Waals surface area contributed by atoms with E-state index in [1.807, 2.05) is 97.1 Å². The summed E-state index contributed by atoms with van der Waals surface area (Å²) in [5.74, 6) is 2.38. The maximum Gasteiger partial charge on any atom is 0.426 e. The number of nitrogens with zero attached hydrogens (tertiary/aromatic N) is 2. The SMILES string of the molecule is COc1ccc(C2(c3ccc(OC)cc3)C=Cc3c4c(c5cc(N6CCN(C(=O)Oc7ccc(-c8ccc(-c9ccccc9)cc8)cc7)CC6)c(OC)cc5c3O2)-c2ccccc2C4(OC)C(F)(F)F)cc1. The molecule has 12 heteroatoms. The Bertz CT molecular complexity index is 3310. The quantitative estimate of drug-likeness (QED) is 0.134. The van der Waals surface area contributed by atoms with Gasteiger partial charge in [0.1, 0.15) is 28.7 Å². The average molecular weight is 967 g/mol. The Morgan fingerprint density at radius 3 is 1.69 bits per heavy atom. The number of piperazine rings is 1. The van der Waals surface area contributed by atoms with Gasteiger partial charge in [-0.1, -0.05) is 121 Å². The van der Waals surface area contributed by atoms with Gasteiger partial charge in [-0.3, -0.25) is 0 Å². The van der Waals surface area contributed by atoms with Crippen LogP contribution < -0.4 is 28.6 Å². The van der Waals surface area contributed by atoms with Crippen molar-refractivity contribution in [2.24, 2.45) is 0 Å². The normalized spacial score (nSPS) is 16.6. The lowest BCUT2D eigenvalue weighted by Gasteiger charge is -2.40. The number of methoxy groups -OCH3 is 4. The van der Waals surface area contributed by atoms with Gasteiger partial charge in [-0.2, -0.15) is 13.2 Å². The fourth-order valence-corrected chi connectivity index (χ4v) is 10.6. The molecule has 1 aliphatic carbocycles. The van der Waals surface area contributed by atoms with Gasteiger partial charge < -0.3 is 38.2 Å². The molecule has 0 N–H and O–H groups in total. The van der Waals surface area contributed by atoms with Crippen LogP contribution in [0.3, 0.4) is 0 Å². The Morgan fingerprint density at radius 1 is 0.597 bits per heavy atom. The number of amides is 1. The number of fused-ring (bicyclic) bond motifs is 8. The van der Waals surface area contributed by atoms with Crippen molar-refractivity contribution in [2.75, 3.05) is 59.5 Å². The highest BCUT2D eigenvalue weighted by molar-refractivity contribution is 6.10. The zero-order valence-electron chi connectivity index (χ0n) is 40.0. The maximum atomic E-state index is 16.2. The van der Waals surface area contributed by atoms with E-state index in [4.69, 9.17) is 28.4 Å². The highest BCUT2D eigenvalue weighted by Gasteiger charge is 2.64. The molecule has 2 heterocycles. The number of rotatable bonds is 10. The molecule has 72 heavy (non-hydrogen) atoms. The number of anilines is 1. The summed E-state index contributed by atoms with van der Waals surface area (Å²) in [6.07, 6.45) is -1.83. The topological polar surface area (TPSA) is 78.9 Å². The Hall–Kier alpha value is -8.22. The first kappa shape index (κ1) is 46.2. The Balaban J connectivity index is 0.949. The molecule has 11 rings (SSSR count). The predicted octanol–water partition coefficient (Wildman–Crippen LogP) is 13.3. The molecule has 0 bridgehead atoms. The van der Waals surface area contributed by atoms with Gasteiger partial charge in [-0.05, 0) is 93.4 Å². The Labute approximate surface area is 415 Å². The van der Waals surface area contributed by atoms with Crippen LogP contribution in [0, 0.1) is 0 Å². The van der Waals surface area contributed by atoms with Gasteiger partial charge in [0, 0.05) is 66.5 Å². The van der Waals surface area contributed by atoms with Crippen molar-refractivity contribution in [3.63, 3.8) is 0 Å². The molecule has 9 nitrogen and oxygen atoms in total. The first-order chi connectivity index (χ1) is 35.0. The van der Waals surface area contributed by atoms with Crippen molar-refractivity contribution in [3.8, 4) is 62.1 Å². The maximum absolute atomic E-state index is 16.2. The summed E-state index contributed by atoms with van der Waals surface area (Å²) in [5, 5.41) is 1.06. The third-order valence-electron chi connectivity index (χ3n) is 14.3. The molecule has 0 radical (unpaired) electrons. The lowest BCUT2D eigenvalue weighted by Crippen LogP contribution is -2.49. The average Bonchev–Trinajstić information content (AvgIpc) is 3.75. The van der Waals surface area contributed by atoms with Crippen LogP contribution >= 0.6 is 0 Å².